The van der Waals surface area contributed by atoms with Crippen LogP contribution in [-0.4, -0.2) is 6.17 Å². The summed E-state index contributed by atoms with van der Waals surface area (Å²) in [6.45, 7) is 4.65. The van der Waals surface area contributed by atoms with E-state index in [0.717, 1.165) is 30.6 Å². The molecular weight excluding hydrogens is 249 g/mol. The number of rotatable bonds is 4. The molecule has 0 aromatic rings. The van der Waals surface area contributed by atoms with Crippen molar-refractivity contribution in [2.24, 2.45) is 29.6 Å². The van der Waals surface area contributed by atoms with Crippen molar-refractivity contribution in [3.8, 4) is 6.07 Å². The van der Waals surface area contributed by atoms with E-state index in [4.69, 9.17) is 5.26 Å². The maximum Gasteiger partial charge on any atom is 0.116 e. The molecule has 0 radical (unpaired) electrons. The number of hydrogen-bond acceptors (Lipinski definition) is 1. The van der Waals surface area contributed by atoms with Crippen LogP contribution >= 0.6 is 0 Å². The van der Waals surface area contributed by atoms with E-state index in [-0.39, 0.29) is 5.92 Å². The molecule has 2 aliphatic carbocycles. The SMILES string of the molecule is CCC(C)CC1CCC(C2CCC(C#N)C(F)C2)CC1. The van der Waals surface area contributed by atoms with Crippen LogP contribution in [0.5, 0.6) is 0 Å². The summed E-state index contributed by atoms with van der Waals surface area (Å²) in [5.74, 6) is 2.74. The second-order valence-corrected chi connectivity index (χ2v) is 7.35. The van der Waals surface area contributed by atoms with E-state index >= 15 is 0 Å². The van der Waals surface area contributed by atoms with Gasteiger partial charge in [-0.15, -0.1) is 0 Å². The molecule has 2 heteroatoms. The van der Waals surface area contributed by atoms with E-state index in [2.05, 4.69) is 19.9 Å². The van der Waals surface area contributed by atoms with Crippen molar-refractivity contribution in [2.75, 3.05) is 0 Å². The topological polar surface area (TPSA) is 23.8 Å². The summed E-state index contributed by atoms with van der Waals surface area (Å²) >= 11 is 0. The van der Waals surface area contributed by atoms with Gasteiger partial charge in [0.25, 0.3) is 0 Å². The molecule has 2 saturated carbocycles. The molecule has 0 saturated heterocycles. The molecule has 4 unspecified atom stereocenters. The van der Waals surface area contributed by atoms with Gasteiger partial charge in [-0.3, -0.25) is 0 Å². The Labute approximate surface area is 123 Å². The van der Waals surface area contributed by atoms with Gasteiger partial charge in [0.05, 0.1) is 12.0 Å². The monoisotopic (exact) mass is 279 g/mol. The molecule has 2 rings (SSSR count). The van der Waals surface area contributed by atoms with Crippen molar-refractivity contribution < 1.29 is 4.39 Å². The molecule has 0 amide bonds. The van der Waals surface area contributed by atoms with E-state index in [9.17, 15) is 4.39 Å². The van der Waals surface area contributed by atoms with Crippen molar-refractivity contribution in [2.45, 2.75) is 77.8 Å². The summed E-state index contributed by atoms with van der Waals surface area (Å²) in [5.41, 5.74) is 0. The van der Waals surface area contributed by atoms with Gasteiger partial charge in [0.1, 0.15) is 6.17 Å². The van der Waals surface area contributed by atoms with Gasteiger partial charge in [-0.1, -0.05) is 33.1 Å². The number of nitriles is 1. The van der Waals surface area contributed by atoms with Gasteiger partial charge in [0.15, 0.2) is 0 Å². The Balaban J connectivity index is 1.76. The average Bonchev–Trinajstić information content (AvgIpc) is 2.47. The third-order valence-electron chi connectivity index (χ3n) is 5.97. The van der Waals surface area contributed by atoms with Crippen LogP contribution in [-0.2, 0) is 0 Å². The zero-order chi connectivity index (χ0) is 14.5. The summed E-state index contributed by atoms with van der Waals surface area (Å²) in [5, 5.41) is 8.91. The molecule has 4 atom stereocenters. The molecule has 0 bridgehead atoms. The Kier molecular flexibility index (Phi) is 5.87. The normalized spacial score (nSPS) is 40.0. The first-order valence-electron chi connectivity index (χ1n) is 8.67. The van der Waals surface area contributed by atoms with Crippen molar-refractivity contribution in [3.05, 3.63) is 0 Å². The van der Waals surface area contributed by atoms with Gasteiger partial charge < -0.3 is 0 Å². The molecule has 0 heterocycles. The summed E-state index contributed by atoms with van der Waals surface area (Å²) in [6.07, 6.45) is 9.64. The van der Waals surface area contributed by atoms with E-state index in [1.54, 1.807) is 0 Å². The van der Waals surface area contributed by atoms with Gasteiger partial charge in [-0.2, -0.15) is 5.26 Å². The number of hydrogen-bond donors (Lipinski definition) is 0. The fraction of sp³-hybridized carbons (Fsp3) is 0.944. The van der Waals surface area contributed by atoms with Crippen LogP contribution in [0.25, 0.3) is 0 Å². The van der Waals surface area contributed by atoms with Crippen LogP contribution < -0.4 is 0 Å². The van der Waals surface area contributed by atoms with Gasteiger partial charge >= 0.3 is 0 Å². The summed E-state index contributed by atoms with van der Waals surface area (Å²) in [6, 6.07) is 2.14. The molecule has 2 aliphatic rings. The Morgan fingerprint density at radius 1 is 1.10 bits per heavy atom. The zero-order valence-corrected chi connectivity index (χ0v) is 13.2. The van der Waals surface area contributed by atoms with E-state index in [0.29, 0.717) is 12.3 Å². The molecule has 114 valence electrons. The number of alkyl halides is 1. The quantitative estimate of drug-likeness (QED) is 0.666. The van der Waals surface area contributed by atoms with Crippen LogP contribution in [0.15, 0.2) is 0 Å². The lowest BCUT2D eigenvalue weighted by molar-refractivity contribution is 0.0928. The summed E-state index contributed by atoms with van der Waals surface area (Å²) in [4.78, 5) is 0. The van der Waals surface area contributed by atoms with Crippen molar-refractivity contribution in [1.82, 2.24) is 0 Å². The van der Waals surface area contributed by atoms with Crippen LogP contribution in [0.3, 0.4) is 0 Å². The Bertz CT molecular complexity index is 327. The third kappa shape index (κ3) is 3.96. The van der Waals surface area contributed by atoms with E-state index < -0.39 is 6.17 Å². The molecular formula is C18H30FN. The Hall–Kier alpha value is -0.580. The van der Waals surface area contributed by atoms with E-state index in [1.165, 1.54) is 38.5 Å². The average molecular weight is 279 g/mol. The summed E-state index contributed by atoms with van der Waals surface area (Å²) < 4.78 is 13.9. The summed E-state index contributed by atoms with van der Waals surface area (Å²) in [7, 11) is 0. The Morgan fingerprint density at radius 3 is 2.30 bits per heavy atom. The lowest BCUT2D eigenvalue weighted by atomic mass is 9.68. The van der Waals surface area contributed by atoms with Gasteiger partial charge in [-0.05, 0) is 62.2 Å². The van der Waals surface area contributed by atoms with Crippen LogP contribution in [0, 0.1) is 40.9 Å². The van der Waals surface area contributed by atoms with Crippen molar-refractivity contribution in [1.29, 1.82) is 5.26 Å². The molecule has 0 aromatic carbocycles. The predicted molar refractivity (Wildman–Crippen MR) is 80.9 cm³/mol. The van der Waals surface area contributed by atoms with Crippen molar-refractivity contribution >= 4 is 0 Å². The fourth-order valence-electron chi connectivity index (χ4n) is 4.35. The first-order chi connectivity index (χ1) is 9.63. The highest BCUT2D eigenvalue weighted by Gasteiger charge is 2.36. The second kappa shape index (κ2) is 7.43. The minimum Gasteiger partial charge on any atom is -0.246 e. The van der Waals surface area contributed by atoms with Gasteiger partial charge in [-0.25, -0.2) is 4.39 Å². The standard InChI is InChI=1S/C18H30FN/c1-3-13(2)10-14-4-6-15(7-5-14)16-8-9-17(12-20)18(19)11-16/h13-18H,3-11H2,1-2H3. The van der Waals surface area contributed by atoms with E-state index in [1.807, 2.05) is 0 Å². The highest BCUT2D eigenvalue weighted by Crippen LogP contribution is 2.43. The molecule has 0 spiro atoms. The zero-order valence-electron chi connectivity index (χ0n) is 13.2. The van der Waals surface area contributed by atoms with Gasteiger partial charge in [0, 0.05) is 0 Å². The highest BCUT2D eigenvalue weighted by molar-refractivity contribution is 4.95. The third-order valence-corrected chi connectivity index (χ3v) is 5.97. The minimum absolute atomic E-state index is 0.326. The van der Waals surface area contributed by atoms with Crippen molar-refractivity contribution in [3.63, 3.8) is 0 Å². The first-order valence-corrected chi connectivity index (χ1v) is 8.67. The molecule has 0 aliphatic heterocycles. The Morgan fingerprint density at radius 2 is 1.75 bits per heavy atom. The molecule has 20 heavy (non-hydrogen) atoms. The molecule has 1 nitrogen and oxygen atoms in total. The maximum absolute atomic E-state index is 13.9. The predicted octanol–water partition coefficient (Wildman–Crippen LogP) is 5.51. The number of halogens is 1. The number of nitrogens with zero attached hydrogens (tertiary/aromatic N) is 1. The maximum atomic E-state index is 13.9. The second-order valence-electron chi connectivity index (χ2n) is 7.35. The molecule has 2 fully saturated rings. The molecule has 0 N–H and O–H groups in total. The lowest BCUT2D eigenvalue weighted by Crippen LogP contribution is -2.31. The van der Waals surface area contributed by atoms with Crippen LogP contribution in [0.4, 0.5) is 4.39 Å². The largest absolute Gasteiger partial charge is 0.246 e. The molecule has 0 aromatic heterocycles. The highest BCUT2D eigenvalue weighted by atomic mass is 19.1. The van der Waals surface area contributed by atoms with Crippen LogP contribution in [0.2, 0.25) is 0 Å². The van der Waals surface area contributed by atoms with Gasteiger partial charge in [0.2, 0.25) is 0 Å². The fourth-order valence-corrected chi connectivity index (χ4v) is 4.35. The first kappa shape index (κ1) is 15.8. The minimum atomic E-state index is -0.864. The van der Waals surface area contributed by atoms with Crippen LogP contribution in [0.1, 0.15) is 71.6 Å². The smallest absolute Gasteiger partial charge is 0.116 e. The lowest BCUT2D eigenvalue weighted by Gasteiger charge is -2.38.